The van der Waals surface area contributed by atoms with Gasteiger partial charge in [-0.05, 0) is 47.0 Å². The van der Waals surface area contributed by atoms with Crippen molar-refractivity contribution in [3.05, 3.63) is 62.8 Å². The summed E-state index contributed by atoms with van der Waals surface area (Å²) in [5.74, 6) is 0.822. The molecule has 8 heteroatoms. The Morgan fingerprint density at radius 2 is 1.96 bits per heavy atom. The fourth-order valence-corrected chi connectivity index (χ4v) is 3.07. The van der Waals surface area contributed by atoms with Crippen LogP contribution in [0, 0.1) is 0 Å². The molecule has 0 amide bonds. The first kappa shape index (κ1) is 18.9. The normalized spacial score (nSPS) is 10.7. The van der Waals surface area contributed by atoms with Gasteiger partial charge < -0.3 is 11.1 Å². The maximum Gasteiger partial charge on any atom is 0.222 e. The third-order valence-electron chi connectivity index (χ3n) is 3.68. The molecule has 0 radical (unpaired) electrons. The number of aromatic nitrogens is 3. The number of halogens is 3. The Morgan fingerprint density at radius 1 is 1.12 bits per heavy atom. The molecule has 0 aliphatic rings. The van der Waals surface area contributed by atoms with Crippen LogP contribution in [-0.2, 0) is 6.42 Å². The maximum absolute atomic E-state index is 6.27. The minimum Gasteiger partial charge on any atom is -0.370 e. The summed E-state index contributed by atoms with van der Waals surface area (Å²) < 4.78 is 0.975. The number of benzene rings is 1. The number of hydrogen-bond acceptors (Lipinski definition) is 5. The van der Waals surface area contributed by atoms with Crippen molar-refractivity contribution >= 4 is 50.9 Å². The molecule has 3 N–H and O–H groups in total. The summed E-state index contributed by atoms with van der Waals surface area (Å²) in [4.78, 5) is 12.8. The lowest BCUT2D eigenvalue weighted by molar-refractivity contribution is 0.832. The van der Waals surface area contributed by atoms with Gasteiger partial charge in [0, 0.05) is 34.5 Å². The van der Waals surface area contributed by atoms with Gasteiger partial charge in [0.1, 0.15) is 5.82 Å². The second-order valence-corrected chi connectivity index (χ2v) is 7.30. The van der Waals surface area contributed by atoms with E-state index in [4.69, 9.17) is 28.9 Å². The van der Waals surface area contributed by atoms with Crippen LogP contribution in [0.1, 0.15) is 12.1 Å². The van der Waals surface area contributed by atoms with Gasteiger partial charge in [0.2, 0.25) is 5.95 Å². The number of nitrogen functional groups attached to an aromatic ring is 1. The predicted molar refractivity (Wildman–Crippen MR) is 111 cm³/mol. The molecule has 2 heterocycles. The topological polar surface area (TPSA) is 76.7 Å². The zero-order valence-corrected chi connectivity index (χ0v) is 16.8. The lowest BCUT2D eigenvalue weighted by Crippen LogP contribution is -2.07. The number of anilines is 2. The number of aryl methyl sites for hydroxylation is 1. The average molecular weight is 453 g/mol. The van der Waals surface area contributed by atoms with Gasteiger partial charge in [0.05, 0.1) is 15.7 Å². The molecule has 3 rings (SSSR count). The molecular formula is C18H16BrCl2N5. The number of nitrogens with one attached hydrogen (secondary N) is 1. The van der Waals surface area contributed by atoms with E-state index in [0.29, 0.717) is 21.6 Å². The third-order valence-corrected chi connectivity index (χ3v) is 4.96. The first-order valence-corrected chi connectivity index (χ1v) is 9.51. The molecule has 1 aromatic carbocycles. The van der Waals surface area contributed by atoms with Gasteiger partial charge in [-0.2, -0.15) is 4.98 Å². The van der Waals surface area contributed by atoms with Gasteiger partial charge >= 0.3 is 0 Å². The molecule has 3 aromatic rings. The smallest absolute Gasteiger partial charge is 0.222 e. The minimum absolute atomic E-state index is 0.176. The molecule has 0 saturated carbocycles. The third kappa shape index (κ3) is 4.84. The molecule has 0 unspecified atom stereocenters. The molecule has 2 aromatic heterocycles. The molecule has 26 heavy (non-hydrogen) atoms. The highest BCUT2D eigenvalue weighted by atomic mass is 79.9. The van der Waals surface area contributed by atoms with E-state index < -0.39 is 0 Å². The molecule has 134 valence electrons. The van der Waals surface area contributed by atoms with E-state index >= 15 is 0 Å². The summed E-state index contributed by atoms with van der Waals surface area (Å²) in [6.45, 7) is 0.733. The summed E-state index contributed by atoms with van der Waals surface area (Å²) >= 11 is 15.7. The molecular weight excluding hydrogens is 437 g/mol. The zero-order chi connectivity index (χ0) is 18.5. The Hall–Kier alpha value is -1.89. The van der Waals surface area contributed by atoms with Crippen molar-refractivity contribution < 1.29 is 0 Å². The first-order valence-electron chi connectivity index (χ1n) is 7.96. The van der Waals surface area contributed by atoms with Gasteiger partial charge in [-0.3, -0.25) is 4.98 Å². The minimum atomic E-state index is 0.176. The number of rotatable bonds is 6. The monoisotopic (exact) mass is 451 g/mol. The van der Waals surface area contributed by atoms with E-state index in [-0.39, 0.29) is 5.95 Å². The largest absolute Gasteiger partial charge is 0.370 e. The maximum atomic E-state index is 6.27. The van der Waals surface area contributed by atoms with Gasteiger partial charge in [0.15, 0.2) is 0 Å². The molecule has 0 aliphatic heterocycles. The van der Waals surface area contributed by atoms with Crippen LogP contribution in [0.4, 0.5) is 11.8 Å². The van der Waals surface area contributed by atoms with E-state index in [2.05, 4.69) is 36.2 Å². The second-order valence-electron chi connectivity index (χ2n) is 5.60. The number of hydrogen-bond donors (Lipinski definition) is 2. The molecule has 5 nitrogen and oxygen atoms in total. The highest BCUT2D eigenvalue weighted by Gasteiger charge is 2.10. The molecule has 0 aliphatic carbocycles. The van der Waals surface area contributed by atoms with Crippen LogP contribution in [0.5, 0.6) is 0 Å². The highest BCUT2D eigenvalue weighted by molar-refractivity contribution is 9.10. The van der Waals surface area contributed by atoms with Crippen LogP contribution in [0.15, 0.2) is 47.1 Å². The standard InChI is InChI=1S/C18H16BrCl2N5/c19-11-6-7-12(24-10-11)3-2-8-23-16-9-15(25-18(22)26-16)13-4-1-5-14(20)17(13)21/h1,4-7,9-10H,2-3,8H2,(H3,22,23,25,26). The summed E-state index contributed by atoms with van der Waals surface area (Å²) in [6, 6.07) is 11.2. The highest BCUT2D eigenvalue weighted by Crippen LogP contribution is 2.33. The van der Waals surface area contributed by atoms with E-state index in [1.807, 2.05) is 30.3 Å². The quantitative estimate of drug-likeness (QED) is 0.500. The van der Waals surface area contributed by atoms with Crippen molar-refractivity contribution in [1.82, 2.24) is 15.0 Å². The Balaban J connectivity index is 1.66. The average Bonchev–Trinajstić information content (AvgIpc) is 2.62. The molecule has 0 bridgehead atoms. The Kier molecular flexibility index (Phi) is 6.29. The van der Waals surface area contributed by atoms with Crippen molar-refractivity contribution in [2.24, 2.45) is 0 Å². The molecule has 0 spiro atoms. The van der Waals surface area contributed by atoms with Gasteiger partial charge in [-0.1, -0.05) is 35.3 Å². The molecule has 0 atom stereocenters. The molecule has 0 saturated heterocycles. The summed E-state index contributed by atoms with van der Waals surface area (Å²) in [7, 11) is 0. The van der Waals surface area contributed by atoms with Crippen LogP contribution < -0.4 is 11.1 Å². The summed E-state index contributed by atoms with van der Waals surface area (Å²) in [5, 5.41) is 4.18. The lowest BCUT2D eigenvalue weighted by atomic mass is 10.1. The lowest BCUT2D eigenvalue weighted by Gasteiger charge is -2.10. The SMILES string of the molecule is Nc1nc(NCCCc2ccc(Br)cn2)cc(-c2cccc(Cl)c2Cl)n1. The Bertz CT molecular complexity index is 903. The van der Waals surface area contributed by atoms with Crippen LogP contribution in [0.2, 0.25) is 10.0 Å². The number of nitrogens with two attached hydrogens (primary N) is 1. The van der Waals surface area contributed by atoms with Crippen LogP contribution >= 0.6 is 39.1 Å². The fourth-order valence-electron chi connectivity index (χ4n) is 2.44. The zero-order valence-electron chi connectivity index (χ0n) is 13.7. The van der Waals surface area contributed by atoms with Crippen molar-refractivity contribution in [2.45, 2.75) is 12.8 Å². The van der Waals surface area contributed by atoms with Crippen molar-refractivity contribution in [1.29, 1.82) is 0 Å². The van der Waals surface area contributed by atoms with E-state index in [0.717, 1.165) is 35.1 Å². The van der Waals surface area contributed by atoms with Crippen LogP contribution in [0.25, 0.3) is 11.3 Å². The van der Waals surface area contributed by atoms with Crippen molar-refractivity contribution in [2.75, 3.05) is 17.6 Å². The predicted octanol–water partition coefficient (Wildman–Crippen LogP) is 5.23. The van der Waals surface area contributed by atoms with Gasteiger partial charge in [-0.25, -0.2) is 4.98 Å². The Morgan fingerprint density at radius 3 is 2.73 bits per heavy atom. The van der Waals surface area contributed by atoms with Gasteiger partial charge in [0.25, 0.3) is 0 Å². The summed E-state index contributed by atoms with van der Waals surface area (Å²) in [6.07, 6.45) is 3.58. The first-order chi connectivity index (χ1) is 12.5. The summed E-state index contributed by atoms with van der Waals surface area (Å²) in [5.41, 5.74) is 8.23. The van der Waals surface area contributed by atoms with Crippen molar-refractivity contribution in [3.8, 4) is 11.3 Å². The van der Waals surface area contributed by atoms with Crippen molar-refractivity contribution in [3.63, 3.8) is 0 Å². The van der Waals surface area contributed by atoms with E-state index in [1.165, 1.54) is 0 Å². The number of nitrogens with zero attached hydrogens (tertiary/aromatic N) is 3. The van der Waals surface area contributed by atoms with Crippen LogP contribution in [0.3, 0.4) is 0 Å². The second kappa shape index (κ2) is 8.66. The molecule has 0 fully saturated rings. The van der Waals surface area contributed by atoms with Gasteiger partial charge in [-0.15, -0.1) is 0 Å². The van der Waals surface area contributed by atoms with Crippen LogP contribution in [-0.4, -0.2) is 21.5 Å². The van der Waals surface area contributed by atoms with E-state index in [9.17, 15) is 0 Å². The number of pyridine rings is 1. The van der Waals surface area contributed by atoms with E-state index in [1.54, 1.807) is 12.3 Å². The Labute approximate surface area is 170 Å². The fraction of sp³-hybridized carbons (Fsp3) is 0.167.